The molecule has 0 aliphatic carbocycles. The van der Waals surface area contributed by atoms with Crippen LogP contribution >= 0.6 is 0 Å². The van der Waals surface area contributed by atoms with Crippen molar-refractivity contribution >= 4 is 27.5 Å². The Hall–Kier alpha value is -3.85. The quantitative estimate of drug-likeness (QED) is 0.271. The van der Waals surface area contributed by atoms with E-state index in [1.807, 2.05) is 44.2 Å². The third-order valence-electron chi connectivity index (χ3n) is 6.65. The molecule has 214 valence electrons. The van der Waals surface area contributed by atoms with Crippen LogP contribution in [0.1, 0.15) is 38.7 Å². The fourth-order valence-electron chi connectivity index (χ4n) is 4.42. The second-order valence-corrected chi connectivity index (χ2v) is 11.3. The number of nitrogens with zero attached hydrogens (tertiary/aromatic N) is 2. The van der Waals surface area contributed by atoms with Crippen LogP contribution in [0.15, 0.2) is 89.8 Å². The zero-order valence-electron chi connectivity index (χ0n) is 23.5. The van der Waals surface area contributed by atoms with Crippen molar-refractivity contribution in [1.82, 2.24) is 10.2 Å². The zero-order valence-corrected chi connectivity index (χ0v) is 24.3. The summed E-state index contributed by atoms with van der Waals surface area (Å²) in [4.78, 5) is 28.8. The van der Waals surface area contributed by atoms with E-state index in [1.165, 1.54) is 24.1 Å². The molecule has 2 amide bonds. The molecule has 0 fully saturated rings. The SMILES string of the molecule is CCCCNC(=O)[C@H](CC)N(CCc1ccccc1)C(=O)CN(c1cccc(OC)c1)S(=O)(=O)c1ccccc1. The van der Waals surface area contributed by atoms with Gasteiger partial charge in [-0.2, -0.15) is 0 Å². The Morgan fingerprint density at radius 1 is 0.925 bits per heavy atom. The molecule has 0 saturated carbocycles. The molecular weight excluding hydrogens is 526 g/mol. The summed E-state index contributed by atoms with van der Waals surface area (Å²) in [5.41, 5.74) is 1.31. The molecule has 0 aromatic heterocycles. The van der Waals surface area contributed by atoms with E-state index < -0.39 is 28.5 Å². The average molecular weight is 566 g/mol. The van der Waals surface area contributed by atoms with Crippen LogP contribution in [0.3, 0.4) is 0 Å². The molecule has 9 heteroatoms. The number of benzene rings is 3. The molecule has 0 heterocycles. The van der Waals surface area contributed by atoms with Gasteiger partial charge in [-0.3, -0.25) is 13.9 Å². The van der Waals surface area contributed by atoms with Crippen LogP contribution in [0.2, 0.25) is 0 Å². The first-order valence-corrected chi connectivity index (χ1v) is 15.1. The molecule has 1 atom stereocenters. The monoisotopic (exact) mass is 565 g/mol. The summed E-state index contributed by atoms with van der Waals surface area (Å²) in [7, 11) is -2.62. The number of carbonyl (C=O) groups excluding carboxylic acids is 2. The van der Waals surface area contributed by atoms with Crippen LogP contribution in [0, 0.1) is 0 Å². The number of methoxy groups -OCH3 is 1. The molecule has 0 aliphatic heterocycles. The third-order valence-corrected chi connectivity index (χ3v) is 8.44. The van der Waals surface area contributed by atoms with Crippen LogP contribution in [0.25, 0.3) is 0 Å². The van der Waals surface area contributed by atoms with Gasteiger partial charge in [-0.05, 0) is 49.1 Å². The van der Waals surface area contributed by atoms with Crippen LogP contribution in [-0.2, 0) is 26.0 Å². The largest absolute Gasteiger partial charge is 0.497 e. The minimum atomic E-state index is -4.12. The van der Waals surface area contributed by atoms with Gasteiger partial charge in [0.15, 0.2) is 0 Å². The molecule has 0 spiro atoms. The second-order valence-electron chi connectivity index (χ2n) is 9.42. The maximum atomic E-state index is 14.0. The fraction of sp³-hybridized carbons (Fsp3) is 0.355. The molecule has 0 aliphatic rings. The summed E-state index contributed by atoms with van der Waals surface area (Å²) in [5, 5.41) is 2.94. The van der Waals surface area contributed by atoms with Crippen molar-refractivity contribution in [1.29, 1.82) is 0 Å². The highest BCUT2D eigenvalue weighted by Gasteiger charge is 2.33. The summed E-state index contributed by atoms with van der Waals surface area (Å²) >= 11 is 0. The van der Waals surface area contributed by atoms with Gasteiger partial charge in [0.1, 0.15) is 18.3 Å². The Morgan fingerprint density at radius 2 is 1.60 bits per heavy atom. The Bertz CT molecular complexity index is 1330. The van der Waals surface area contributed by atoms with Crippen LogP contribution in [0.4, 0.5) is 5.69 Å². The van der Waals surface area contributed by atoms with E-state index in [0.29, 0.717) is 30.8 Å². The Labute approximate surface area is 238 Å². The Morgan fingerprint density at radius 3 is 2.23 bits per heavy atom. The van der Waals surface area contributed by atoms with E-state index in [4.69, 9.17) is 4.74 Å². The van der Waals surface area contributed by atoms with Gasteiger partial charge in [0.25, 0.3) is 10.0 Å². The highest BCUT2D eigenvalue weighted by atomic mass is 32.2. The van der Waals surface area contributed by atoms with E-state index in [0.717, 1.165) is 22.7 Å². The molecule has 0 bridgehead atoms. The number of sulfonamides is 1. The summed E-state index contributed by atoms with van der Waals surface area (Å²) in [6.07, 6.45) is 2.68. The Kier molecular flexibility index (Phi) is 11.6. The summed E-state index contributed by atoms with van der Waals surface area (Å²) in [6.45, 7) is 4.20. The molecule has 3 rings (SSSR count). The van der Waals surface area contributed by atoms with E-state index >= 15 is 0 Å². The lowest BCUT2D eigenvalue weighted by molar-refractivity contribution is -0.139. The fourth-order valence-corrected chi connectivity index (χ4v) is 5.84. The predicted molar refractivity (Wildman–Crippen MR) is 158 cm³/mol. The lowest BCUT2D eigenvalue weighted by Crippen LogP contribution is -2.53. The number of hydrogen-bond donors (Lipinski definition) is 1. The number of unbranched alkanes of at least 4 members (excludes halogenated alkanes) is 1. The lowest BCUT2D eigenvalue weighted by atomic mass is 10.1. The minimum absolute atomic E-state index is 0.0609. The smallest absolute Gasteiger partial charge is 0.264 e. The number of carbonyl (C=O) groups is 2. The van der Waals surface area contributed by atoms with Gasteiger partial charge >= 0.3 is 0 Å². The van der Waals surface area contributed by atoms with Gasteiger partial charge in [-0.25, -0.2) is 8.42 Å². The lowest BCUT2D eigenvalue weighted by Gasteiger charge is -2.33. The number of anilines is 1. The van der Waals surface area contributed by atoms with Gasteiger partial charge in [0.05, 0.1) is 17.7 Å². The van der Waals surface area contributed by atoms with Crippen LogP contribution in [-0.4, -0.2) is 57.9 Å². The van der Waals surface area contributed by atoms with E-state index in [2.05, 4.69) is 5.32 Å². The number of rotatable bonds is 15. The van der Waals surface area contributed by atoms with Crippen molar-refractivity contribution in [2.75, 3.05) is 31.0 Å². The van der Waals surface area contributed by atoms with Crippen molar-refractivity contribution in [3.05, 3.63) is 90.5 Å². The average Bonchev–Trinajstić information content (AvgIpc) is 2.98. The van der Waals surface area contributed by atoms with E-state index in [1.54, 1.807) is 42.5 Å². The zero-order chi connectivity index (χ0) is 29.0. The Balaban J connectivity index is 1.99. The van der Waals surface area contributed by atoms with Gasteiger partial charge in [0.2, 0.25) is 11.8 Å². The van der Waals surface area contributed by atoms with E-state index in [-0.39, 0.29) is 17.3 Å². The van der Waals surface area contributed by atoms with Crippen molar-refractivity contribution < 1.29 is 22.7 Å². The highest BCUT2D eigenvalue weighted by Crippen LogP contribution is 2.27. The molecule has 0 radical (unpaired) electrons. The topological polar surface area (TPSA) is 96.0 Å². The number of nitrogens with one attached hydrogen (secondary N) is 1. The van der Waals surface area contributed by atoms with Gasteiger partial charge in [-0.1, -0.05) is 74.9 Å². The third kappa shape index (κ3) is 8.08. The molecule has 40 heavy (non-hydrogen) atoms. The highest BCUT2D eigenvalue weighted by molar-refractivity contribution is 7.92. The van der Waals surface area contributed by atoms with E-state index in [9.17, 15) is 18.0 Å². The number of ether oxygens (including phenoxy) is 1. The molecule has 8 nitrogen and oxygen atoms in total. The normalized spacial score (nSPS) is 11.9. The van der Waals surface area contributed by atoms with Crippen LogP contribution in [0.5, 0.6) is 5.75 Å². The molecule has 1 N–H and O–H groups in total. The standard InChI is InChI=1S/C31H39N3O5S/c1-4-6-21-32-31(36)29(5-2)33(22-20-25-14-9-7-10-15-25)30(35)24-34(26-16-13-17-27(23-26)39-3)40(37,38)28-18-11-8-12-19-28/h7-19,23,29H,4-6,20-22,24H2,1-3H3,(H,32,36)/t29-/m0/s1. The molecular formula is C31H39N3O5S. The molecule has 3 aromatic rings. The first-order chi connectivity index (χ1) is 19.3. The van der Waals surface area contributed by atoms with Crippen molar-refractivity contribution in [2.45, 2.75) is 50.5 Å². The minimum Gasteiger partial charge on any atom is -0.497 e. The summed E-state index contributed by atoms with van der Waals surface area (Å²) in [6, 6.07) is 23.5. The number of hydrogen-bond acceptors (Lipinski definition) is 5. The first kappa shape index (κ1) is 30.7. The van der Waals surface area contributed by atoms with Crippen molar-refractivity contribution in [2.24, 2.45) is 0 Å². The second kappa shape index (κ2) is 15.1. The summed E-state index contributed by atoms with van der Waals surface area (Å²) in [5.74, 6) is -0.243. The summed E-state index contributed by atoms with van der Waals surface area (Å²) < 4.78 is 34.1. The van der Waals surface area contributed by atoms with Gasteiger partial charge < -0.3 is 15.0 Å². The van der Waals surface area contributed by atoms with Gasteiger partial charge in [-0.15, -0.1) is 0 Å². The van der Waals surface area contributed by atoms with Gasteiger partial charge in [0, 0.05) is 19.2 Å². The van der Waals surface area contributed by atoms with Crippen molar-refractivity contribution in [3.63, 3.8) is 0 Å². The molecule has 3 aromatic carbocycles. The van der Waals surface area contributed by atoms with Crippen LogP contribution < -0.4 is 14.4 Å². The first-order valence-electron chi connectivity index (χ1n) is 13.6. The maximum Gasteiger partial charge on any atom is 0.264 e. The van der Waals surface area contributed by atoms with Crippen molar-refractivity contribution in [3.8, 4) is 5.75 Å². The molecule has 0 unspecified atom stereocenters. The molecule has 0 saturated heterocycles. The number of amides is 2. The maximum absolute atomic E-state index is 14.0. The predicted octanol–water partition coefficient (Wildman–Crippen LogP) is 4.66.